The fourth-order valence-corrected chi connectivity index (χ4v) is 4.42. The zero-order valence-electron chi connectivity index (χ0n) is 18.3. The number of aryl methyl sites for hydroxylation is 2. The van der Waals surface area contributed by atoms with Crippen molar-refractivity contribution in [2.75, 3.05) is 30.4 Å². The van der Waals surface area contributed by atoms with Gasteiger partial charge in [-0.3, -0.25) is 9.78 Å². The largest absolute Gasteiger partial charge is 0.369 e. The van der Waals surface area contributed by atoms with E-state index in [-0.39, 0.29) is 11.6 Å². The fourth-order valence-electron chi connectivity index (χ4n) is 4.42. The summed E-state index contributed by atoms with van der Waals surface area (Å²) in [7, 11) is 1.98. The van der Waals surface area contributed by atoms with E-state index >= 15 is 0 Å². The highest BCUT2D eigenvalue weighted by Crippen LogP contribution is 2.31. The summed E-state index contributed by atoms with van der Waals surface area (Å²) in [5, 5.41) is 7.10. The second kappa shape index (κ2) is 7.87. The lowest BCUT2D eigenvalue weighted by molar-refractivity contribution is 0.102. The van der Waals surface area contributed by atoms with Crippen molar-refractivity contribution >= 4 is 33.8 Å². The number of carbonyl (C=O) groups excluding carboxylic acids is 1. The minimum absolute atomic E-state index is 0.234. The first-order valence-corrected chi connectivity index (χ1v) is 10.7. The highest BCUT2D eigenvalue weighted by Gasteiger charge is 2.24. The summed E-state index contributed by atoms with van der Waals surface area (Å²) in [6, 6.07) is 9.51. The normalized spacial score (nSPS) is 16.2. The Balaban J connectivity index is 1.52. The molecule has 2 N–H and O–H groups in total. The van der Waals surface area contributed by atoms with Crippen LogP contribution in [0, 0.1) is 19.7 Å². The van der Waals surface area contributed by atoms with Gasteiger partial charge in [0, 0.05) is 54.4 Å². The Morgan fingerprint density at radius 3 is 2.75 bits per heavy atom. The summed E-state index contributed by atoms with van der Waals surface area (Å²) in [6.45, 7) is 5.56. The van der Waals surface area contributed by atoms with Crippen molar-refractivity contribution < 1.29 is 9.18 Å². The van der Waals surface area contributed by atoms with Gasteiger partial charge in [0.15, 0.2) is 11.5 Å². The Hall–Kier alpha value is -3.52. The molecule has 1 amide bonds. The van der Waals surface area contributed by atoms with Crippen LogP contribution in [-0.2, 0) is 0 Å². The third kappa shape index (κ3) is 3.56. The molecule has 1 aliphatic rings. The molecule has 0 aliphatic carbocycles. The number of hydrogen-bond donors (Lipinski definition) is 2. The number of halogens is 1. The molecule has 8 heteroatoms. The average molecular weight is 433 g/mol. The van der Waals surface area contributed by atoms with E-state index in [1.807, 2.05) is 38.2 Å². The molecule has 7 nitrogen and oxygen atoms in total. The van der Waals surface area contributed by atoms with E-state index in [0.29, 0.717) is 28.5 Å². The van der Waals surface area contributed by atoms with Gasteiger partial charge in [0.05, 0.1) is 22.5 Å². The average Bonchev–Trinajstić information content (AvgIpc) is 3.39. The van der Waals surface area contributed by atoms with Crippen molar-refractivity contribution in [3.63, 3.8) is 0 Å². The van der Waals surface area contributed by atoms with Crippen molar-refractivity contribution in [1.29, 1.82) is 0 Å². The van der Waals surface area contributed by atoms with E-state index in [0.717, 1.165) is 36.3 Å². The number of amides is 1. The maximum Gasteiger partial charge on any atom is 0.257 e. The highest BCUT2D eigenvalue weighted by atomic mass is 19.1. The quantitative estimate of drug-likeness (QED) is 0.515. The zero-order valence-corrected chi connectivity index (χ0v) is 18.3. The Morgan fingerprint density at radius 1 is 1.12 bits per heavy atom. The number of nitrogens with zero attached hydrogens (tertiary/aromatic N) is 4. The molecule has 5 rings (SSSR count). The monoisotopic (exact) mass is 432 g/mol. The molecule has 1 atom stereocenters. The highest BCUT2D eigenvalue weighted by molar-refractivity contribution is 6.14. The molecule has 164 valence electrons. The summed E-state index contributed by atoms with van der Waals surface area (Å²) in [6.07, 6.45) is 4.45. The van der Waals surface area contributed by atoms with Gasteiger partial charge in [0.2, 0.25) is 0 Å². The van der Waals surface area contributed by atoms with E-state index in [4.69, 9.17) is 0 Å². The molecule has 1 aromatic carbocycles. The van der Waals surface area contributed by atoms with Gasteiger partial charge in [0.1, 0.15) is 0 Å². The maximum atomic E-state index is 14.4. The lowest BCUT2D eigenvalue weighted by atomic mass is 10.1. The van der Waals surface area contributed by atoms with Gasteiger partial charge in [-0.25, -0.2) is 9.37 Å². The van der Waals surface area contributed by atoms with Crippen LogP contribution in [0.15, 0.2) is 42.7 Å². The van der Waals surface area contributed by atoms with Crippen LogP contribution in [0.1, 0.15) is 28.2 Å². The Labute approximate surface area is 185 Å². The number of imidazole rings is 1. The molecule has 32 heavy (non-hydrogen) atoms. The predicted molar refractivity (Wildman–Crippen MR) is 124 cm³/mol. The van der Waals surface area contributed by atoms with E-state index in [1.54, 1.807) is 23.7 Å². The van der Waals surface area contributed by atoms with Crippen LogP contribution in [0.4, 0.5) is 15.8 Å². The Bertz CT molecular complexity index is 1350. The van der Waals surface area contributed by atoms with Gasteiger partial charge in [0.25, 0.3) is 5.91 Å². The number of hydrogen-bond acceptors (Lipinski definition) is 5. The maximum absolute atomic E-state index is 14.4. The van der Waals surface area contributed by atoms with Gasteiger partial charge >= 0.3 is 0 Å². The first kappa shape index (κ1) is 20.4. The zero-order chi connectivity index (χ0) is 22.4. The number of fused-ring (bicyclic) bond motifs is 2. The molecule has 0 spiro atoms. The molecule has 1 fully saturated rings. The Morgan fingerprint density at radius 2 is 1.97 bits per heavy atom. The van der Waals surface area contributed by atoms with E-state index < -0.39 is 5.82 Å². The molecule has 3 aromatic heterocycles. The van der Waals surface area contributed by atoms with Crippen molar-refractivity contribution in [2.24, 2.45) is 0 Å². The van der Waals surface area contributed by atoms with Crippen molar-refractivity contribution in [3.05, 3.63) is 65.5 Å². The molecule has 0 radical (unpaired) electrons. The van der Waals surface area contributed by atoms with Gasteiger partial charge in [-0.1, -0.05) is 0 Å². The Kier molecular flexibility index (Phi) is 5.01. The second-order valence-electron chi connectivity index (χ2n) is 8.35. The number of benzene rings is 1. The third-order valence-electron chi connectivity index (χ3n) is 6.04. The first-order chi connectivity index (χ1) is 15.4. The first-order valence-electron chi connectivity index (χ1n) is 10.7. The molecule has 1 saturated heterocycles. The van der Waals surface area contributed by atoms with Crippen molar-refractivity contribution in [2.45, 2.75) is 26.3 Å². The molecule has 1 unspecified atom stereocenters. The third-order valence-corrected chi connectivity index (χ3v) is 6.04. The number of likely N-dealkylation sites (N-methyl/N-ethyl adjacent to an activating group) is 1. The van der Waals surface area contributed by atoms with Crippen LogP contribution in [0.3, 0.4) is 0 Å². The van der Waals surface area contributed by atoms with Crippen LogP contribution < -0.4 is 15.5 Å². The second-order valence-corrected chi connectivity index (χ2v) is 8.35. The molecule has 0 saturated carbocycles. The molecule has 4 aromatic rings. The van der Waals surface area contributed by atoms with Gasteiger partial charge < -0.3 is 19.9 Å². The molecule has 1 aliphatic heterocycles. The smallest absolute Gasteiger partial charge is 0.257 e. The molecular weight excluding hydrogens is 407 g/mol. The number of aromatic nitrogens is 3. The van der Waals surface area contributed by atoms with Gasteiger partial charge in [-0.15, -0.1) is 0 Å². The van der Waals surface area contributed by atoms with Crippen LogP contribution in [0.2, 0.25) is 0 Å². The lowest BCUT2D eigenvalue weighted by Gasteiger charge is -2.21. The molecule has 0 bridgehead atoms. The summed E-state index contributed by atoms with van der Waals surface area (Å²) in [5.41, 5.74) is 4.31. The SMILES string of the molecule is CNC1CCN(c2ccc(C(=O)Nc3cc(F)c4nc(C)cn4c3)c3nc(C)ccc23)C1. The summed E-state index contributed by atoms with van der Waals surface area (Å²) in [5.74, 6) is -0.817. The fraction of sp³-hybridized carbons (Fsp3) is 0.292. The minimum atomic E-state index is -0.488. The summed E-state index contributed by atoms with van der Waals surface area (Å²) in [4.78, 5) is 24.4. The van der Waals surface area contributed by atoms with E-state index in [2.05, 4.69) is 25.5 Å². The standard InChI is InChI=1S/C24H25FN6O/c1-14-4-5-18-21(30-9-8-16(12-30)26-3)7-6-19(22(18)27-14)24(32)29-17-10-20(25)23-28-15(2)11-31(23)13-17/h4-7,10-11,13,16,26H,8-9,12H2,1-3H3,(H,29,32). The van der Waals surface area contributed by atoms with Crippen LogP contribution in [0.25, 0.3) is 16.6 Å². The van der Waals surface area contributed by atoms with Crippen LogP contribution in [-0.4, -0.2) is 46.5 Å². The number of pyridine rings is 2. The van der Waals surface area contributed by atoms with Crippen LogP contribution >= 0.6 is 0 Å². The summed E-state index contributed by atoms with van der Waals surface area (Å²) < 4.78 is 16.0. The molecule has 4 heterocycles. The van der Waals surface area contributed by atoms with Crippen LogP contribution in [0.5, 0.6) is 0 Å². The van der Waals surface area contributed by atoms with Gasteiger partial charge in [-0.2, -0.15) is 0 Å². The number of rotatable bonds is 4. The lowest BCUT2D eigenvalue weighted by Crippen LogP contribution is -2.29. The van der Waals surface area contributed by atoms with E-state index in [9.17, 15) is 9.18 Å². The van der Waals surface area contributed by atoms with Crippen molar-refractivity contribution in [3.8, 4) is 0 Å². The number of carbonyl (C=O) groups is 1. The summed E-state index contributed by atoms with van der Waals surface area (Å²) >= 11 is 0. The number of nitrogens with one attached hydrogen (secondary N) is 2. The van der Waals surface area contributed by atoms with Gasteiger partial charge in [-0.05, 0) is 51.6 Å². The van der Waals surface area contributed by atoms with Crippen molar-refractivity contribution in [1.82, 2.24) is 19.7 Å². The number of anilines is 2. The van der Waals surface area contributed by atoms with E-state index in [1.165, 1.54) is 6.07 Å². The molecular formula is C24H25FN6O. The predicted octanol–water partition coefficient (Wildman–Crippen LogP) is 3.69. The topological polar surface area (TPSA) is 74.6 Å². The minimum Gasteiger partial charge on any atom is -0.369 e.